The Labute approximate surface area is 176 Å². The van der Waals surface area contributed by atoms with Gasteiger partial charge in [-0.3, -0.25) is 4.79 Å². The lowest BCUT2D eigenvalue weighted by Gasteiger charge is -2.29. The fourth-order valence-electron chi connectivity index (χ4n) is 3.50. The van der Waals surface area contributed by atoms with E-state index in [2.05, 4.69) is 0 Å². The fraction of sp³-hybridized carbons (Fsp3) is 0.292. The predicted molar refractivity (Wildman–Crippen MR) is 118 cm³/mol. The molecule has 3 aromatic carbocycles. The van der Waals surface area contributed by atoms with E-state index in [1.165, 1.54) is 0 Å². The molecule has 0 aromatic heterocycles. The highest BCUT2D eigenvalue weighted by atomic mass is 35.5. The van der Waals surface area contributed by atoms with E-state index in [1.807, 2.05) is 76.2 Å². The standard InChI is InChI=1S/C24H24Cl2O2/c1-14-13-19-18(7-6-8-20(19)26)22(16-9-11-17(25)12-10-16)21(14)23(15(2)27)28-24(3,4)5/h6-13,23H,1-5H3. The molecule has 0 aliphatic heterocycles. The Morgan fingerprint density at radius 3 is 2.21 bits per heavy atom. The van der Waals surface area contributed by atoms with Crippen LogP contribution in [0, 0.1) is 6.92 Å². The number of ketones is 1. The van der Waals surface area contributed by atoms with Crippen LogP contribution >= 0.6 is 23.2 Å². The van der Waals surface area contributed by atoms with Crippen molar-refractivity contribution < 1.29 is 9.53 Å². The second-order valence-corrected chi connectivity index (χ2v) is 8.89. The SMILES string of the molecule is CC(=O)C(OC(C)(C)C)c1c(C)cc2c(Cl)cccc2c1-c1ccc(Cl)cc1. The van der Waals surface area contributed by atoms with Crippen LogP contribution in [0.4, 0.5) is 0 Å². The van der Waals surface area contributed by atoms with Gasteiger partial charge in [0.25, 0.3) is 0 Å². The molecule has 1 atom stereocenters. The lowest BCUT2D eigenvalue weighted by atomic mass is 9.86. The van der Waals surface area contributed by atoms with Gasteiger partial charge in [-0.15, -0.1) is 0 Å². The third-order valence-electron chi connectivity index (χ3n) is 4.61. The highest BCUT2D eigenvalue weighted by molar-refractivity contribution is 6.36. The summed E-state index contributed by atoms with van der Waals surface area (Å²) in [6.45, 7) is 9.44. The molecule has 4 heteroatoms. The first-order valence-corrected chi connectivity index (χ1v) is 10.00. The molecule has 0 aliphatic rings. The van der Waals surface area contributed by atoms with Crippen molar-refractivity contribution in [2.24, 2.45) is 0 Å². The molecule has 3 rings (SSSR count). The largest absolute Gasteiger partial charge is 0.360 e. The first kappa shape index (κ1) is 20.9. The minimum atomic E-state index is -0.672. The molecular formula is C24H24Cl2O2. The number of carbonyl (C=O) groups is 1. The lowest BCUT2D eigenvalue weighted by Crippen LogP contribution is -2.27. The molecule has 1 unspecified atom stereocenters. The first-order chi connectivity index (χ1) is 13.1. The number of hydrogen-bond donors (Lipinski definition) is 0. The van der Waals surface area contributed by atoms with Crippen molar-refractivity contribution in [1.82, 2.24) is 0 Å². The summed E-state index contributed by atoms with van der Waals surface area (Å²) in [4.78, 5) is 12.6. The van der Waals surface area contributed by atoms with Crippen LogP contribution in [0.3, 0.4) is 0 Å². The molecule has 0 heterocycles. The number of Topliss-reactive ketones (excluding diaryl/α,β-unsaturated/α-hetero) is 1. The molecule has 3 aromatic rings. The Kier molecular flexibility index (Phi) is 5.86. The molecule has 0 N–H and O–H groups in total. The molecular weight excluding hydrogens is 391 g/mol. The summed E-state index contributed by atoms with van der Waals surface area (Å²) in [5.74, 6) is -0.0328. The van der Waals surface area contributed by atoms with E-state index in [1.54, 1.807) is 6.92 Å². The fourth-order valence-corrected chi connectivity index (χ4v) is 3.86. The van der Waals surface area contributed by atoms with Crippen LogP contribution in [0.25, 0.3) is 21.9 Å². The Balaban J connectivity index is 2.41. The summed E-state index contributed by atoms with van der Waals surface area (Å²) in [5, 5.41) is 3.28. The number of aryl methyl sites for hydroxylation is 1. The summed E-state index contributed by atoms with van der Waals surface area (Å²) in [6.07, 6.45) is -0.672. The van der Waals surface area contributed by atoms with Gasteiger partial charge in [-0.2, -0.15) is 0 Å². The molecule has 146 valence electrons. The summed E-state index contributed by atoms with van der Waals surface area (Å²) in [5.41, 5.74) is 3.30. The van der Waals surface area contributed by atoms with Crippen LogP contribution in [0.5, 0.6) is 0 Å². The van der Waals surface area contributed by atoms with E-state index in [4.69, 9.17) is 27.9 Å². The molecule has 0 aliphatic carbocycles. The Hall–Kier alpha value is -1.87. The van der Waals surface area contributed by atoms with Gasteiger partial charge in [0.05, 0.1) is 5.60 Å². The zero-order valence-electron chi connectivity index (χ0n) is 16.8. The zero-order chi connectivity index (χ0) is 20.6. The van der Waals surface area contributed by atoms with E-state index in [0.29, 0.717) is 10.0 Å². The summed E-state index contributed by atoms with van der Waals surface area (Å²) in [7, 11) is 0. The topological polar surface area (TPSA) is 26.3 Å². The molecule has 0 bridgehead atoms. The number of halogens is 2. The van der Waals surface area contributed by atoms with Gasteiger partial charge < -0.3 is 4.74 Å². The normalized spacial score (nSPS) is 13.0. The Bertz CT molecular complexity index is 1030. The van der Waals surface area contributed by atoms with E-state index < -0.39 is 11.7 Å². The second kappa shape index (κ2) is 7.87. The third-order valence-corrected chi connectivity index (χ3v) is 5.19. The minimum Gasteiger partial charge on any atom is -0.360 e. The molecule has 0 saturated heterocycles. The maximum absolute atomic E-state index is 12.6. The monoisotopic (exact) mass is 414 g/mol. The third kappa shape index (κ3) is 4.25. The molecule has 2 nitrogen and oxygen atoms in total. The van der Waals surface area contributed by atoms with Crippen molar-refractivity contribution in [2.45, 2.75) is 46.3 Å². The van der Waals surface area contributed by atoms with Crippen LogP contribution < -0.4 is 0 Å². The highest BCUT2D eigenvalue weighted by Gasteiger charge is 2.29. The van der Waals surface area contributed by atoms with Gasteiger partial charge >= 0.3 is 0 Å². The molecule has 0 fully saturated rings. The number of benzene rings is 3. The van der Waals surface area contributed by atoms with E-state index in [9.17, 15) is 4.79 Å². The minimum absolute atomic E-state index is 0.0328. The van der Waals surface area contributed by atoms with Crippen LogP contribution in [0.1, 0.15) is 44.9 Å². The number of hydrogen-bond acceptors (Lipinski definition) is 2. The van der Waals surface area contributed by atoms with Gasteiger partial charge in [-0.25, -0.2) is 0 Å². The van der Waals surface area contributed by atoms with E-state index in [-0.39, 0.29) is 5.78 Å². The number of ether oxygens (including phenoxy) is 1. The van der Waals surface area contributed by atoms with Gasteiger partial charge in [-0.05, 0) is 86.5 Å². The van der Waals surface area contributed by atoms with Crippen molar-refractivity contribution in [3.05, 3.63) is 69.7 Å². The van der Waals surface area contributed by atoms with Crippen molar-refractivity contribution in [3.63, 3.8) is 0 Å². The van der Waals surface area contributed by atoms with Crippen LogP contribution in [0.15, 0.2) is 48.5 Å². The lowest BCUT2D eigenvalue weighted by molar-refractivity contribution is -0.138. The summed E-state index contributed by atoms with van der Waals surface area (Å²) in [6, 6.07) is 15.5. The van der Waals surface area contributed by atoms with E-state index in [0.717, 1.165) is 33.0 Å². The Morgan fingerprint density at radius 1 is 1.00 bits per heavy atom. The van der Waals surface area contributed by atoms with Gasteiger partial charge in [0.1, 0.15) is 6.10 Å². The van der Waals surface area contributed by atoms with Crippen molar-refractivity contribution in [1.29, 1.82) is 0 Å². The van der Waals surface area contributed by atoms with Gasteiger partial charge in [0.15, 0.2) is 5.78 Å². The molecule has 0 amide bonds. The predicted octanol–water partition coefficient (Wildman–Crippen LogP) is 7.57. The molecule has 0 saturated carbocycles. The first-order valence-electron chi connectivity index (χ1n) is 9.24. The zero-order valence-corrected chi connectivity index (χ0v) is 18.3. The smallest absolute Gasteiger partial charge is 0.163 e. The van der Waals surface area contributed by atoms with Gasteiger partial charge in [0.2, 0.25) is 0 Å². The highest BCUT2D eigenvalue weighted by Crippen LogP contribution is 2.42. The van der Waals surface area contributed by atoms with E-state index >= 15 is 0 Å². The average Bonchev–Trinajstić information content (AvgIpc) is 2.60. The average molecular weight is 415 g/mol. The number of fused-ring (bicyclic) bond motifs is 1. The summed E-state index contributed by atoms with van der Waals surface area (Å²) < 4.78 is 6.22. The van der Waals surface area contributed by atoms with Gasteiger partial charge in [0, 0.05) is 15.4 Å². The summed E-state index contributed by atoms with van der Waals surface area (Å²) >= 11 is 12.6. The van der Waals surface area contributed by atoms with Crippen LogP contribution in [-0.2, 0) is 9.53 Å². The van der Waals surface area contributed by atoms with Crippen LogP contribution in [0.2, 0.25) is 10.0 Å². The molecule has 0 radical (unpaired) electrons. The Morgan fingerprint density at radius 2 is 1.64 bits per heavy atom. The van der Waals surface area contributed by atoms with Gasteiger partial charge in [-0.1, -0.05) is 47.5 Å². The second-order valence-electron chi connectivity index (χ2n) is 8.04. The molecule has 28 heavy (non-hydrogen) atoms. The van der Waals surface area contributed by atoms with Crippen molar-refractivity contribution >= 4 is 39.8 Å². The molecule has 0 spiro atoms. The number of rotatable bonds is 4. The quantitative estimate of drug-likeness (QED) is 0.439. The maximum atomic E-state index is 12.6. The van der Waals surface area contributed by atoms with Crippen LogP contribution in [-0.4, -0.2) is 11.4 Å². The van der Waals surface area contributed by atoms with Crippen molar-refractivity contribution in [3.8, 4) is 11.1 Å². The maximum Gasteiger partial charge on any atom is 0.163 e. The number of carbonyl (C=O) groups excluding carboxylic acids is 1. The van der Waals surface area contributed by atoms with Crippen molar-refractivity contribution in [2.75, 3.05) is 0 Å².